The van der Waals surface area contributed by atoms with E-state index in [0.29, 0.717) is 0 Å². The number of nitrogens with zero attached hydrogens (tertiary/aromatic N) is 2. The Morgan fingerprint density at radius 3 is 2.73 bits per heavy atom. The summed E-state index contributed by atoms with van der Waals surface area (Å²) in [5.41, 5.74) is 5.55. The Hall–Kier alpha value is -1.63. The smallest absolute Gasteiger partial charge is 0.140 e. The van der Waals surface area contributed by atoms with Crippen molar-refractivity contribution < 1.29 is 0 Å². The summed E-state index contributed by atoms with van der Waals surface area (Å²) in [6.07, 6.45) is 1.25. The van der Waals surface area contributed by atoms with Gasteiger partial charge in [0.1, 0.15) is 11.8 Å². The van der Waals surface area contributed by atoms with Crippen LogP contribution in [-0.4, -0.2) is 11.5 Å². The highest BCUT2D eigenvalue weighted by molar-refractivity contribution is 6.06. The summed E-state index contributed by atoms with van der Waals surface area (Å²) in [5, 5.41) is 15.7. The lowest BCUT2D eigenvalue weighted by Crippen LogP contribution is -2.27. The Balaban J connectivity index is 4.54. The number of amidine groups is 1. The molecule has 0 rings (SSSR count). The quantitative estimate of drug-likeness (QED) is 0.457. The van der Waals surface area contributed by atoms with Crippen molar-refractivity contribution in [2.45, 2.75) is 6.92 Å². The third-order valence-electron chi connectivity index (χ3n) is 1.10. The molecule has 0 saturated heterocycles. The minimum absolute atomic E-state index is 0.120. The molecule has 4 heteroatoms. The molecule has 0 aromatic rings. The number of rotatable bonds is 3. The fourth-order valence-electron chi connectivity index (χ4n) is 0.565. The summed E-state index contributed by atoms with van der Waals surface area (Å²) in [5.74, 6) is -0.594. The van der Waals surface area contributed by atoms with E-state index >= 15 is 0 Å². The minimum atomic E-state index is -0.715. The molecule has 0 aromatic heterocycles. The molecule has 0 radical (unpaired) electrons. The van der Waals surface area contributed by atoms with Crippen molar-refractivity contribution in [1.29, 1.82) is 10.7 Å². The van der Waals surface area contributed by atoms with Crippen molar-refractivity contribution in [3.05, 3.63) is 12.8 Å². The van der Waals surface area contributed by atoms with Crippen LogP contribution in [0.3, 0.4) is 0 Å². The van der Waals surface area contributed by atoms with Crippen molar-refractivity contribution in [3.63, 3.8) is 0 Å². The number of nitrogens with two attached hydrogens (primary N) is 1. The van der Waals surface area contributed by atoms with E-state index in [1.54, 1.807) is 0 Å². The highest BCUT2D eigenvalue weighted by Gasteiger charge is 2.13. The average molecular weight is 150 g/mol. The Labute approximate surface area is 65.6 Å². The molecule has 11 heavy (non-hydrogen) atoms. The second-order valence-electron chi connectivity index (χ2n) is 1.98. The van der Waals surface area contributed by atoms with E-state index in [0.717, 1.165) is 0 Å². The molecular formula is C7H10N4. The molecule has 58 valence electrons. The molecule has 0 aliphatic rings. The predicted octanol–water partition coefficient (Wildman–Crippen LogP) is 0.667. The molecule has 0 heterocycles. The molecule has 1 unspecified atom stereocenters. The van der Waals surface area contributed by atoms with Crippen molar-refractivity contribution in [1.82, 2.24) is 0 Å². The molecule has 1 atom stereocenters. The fraction of sp³-hybridized carbons (Fsp3) is 0.286. The van der Waals surface area contributed by atoms with Crippen LogP contribution in [0.4, 0.5) is 0 Å². The Morgan fingerprint density at radius 1 is 1.91 bits per heavy atom. The van der Waals surface area contributed by atoms with Crippen LogP contribution in [0.15, 0.2) is 17.8 Å². The van der Waals surface area contributed by atoms with Crippen LogP contribution in [0.2, 0.25) is 0 Å². The molecule has 0 saturated carbocycles. The van der Waals surface area contributed by atoms with E-state index in [4.69, 9.17) is 16.4 Å². The van der Waals surface area contributed by atoms with Gasteiger partial charge >= 0.3 is 0 Å². The van der Waals surface area contributed by atoms with Gasteiger partial charge in [0.25, 0.3) is 0 Å². The Morgan fingerprint density at radius 2 is 2.45 bits per heavy atom. The van der Waals surface area contributed by atoms with E-state index in [2.05, 4.69) is 11.6 Å². The summed E-state index contributed by atoms with van der Waals surface area (Å²) < 4.78 is 0. The molecule has 0 fully saturated rings. The molecule has 0 spiro atoms. The minimum Gasteiger partial charge on any atom is -0.386 e. The zero-order chi connectivity index (χ0) is 8.85. The summed E-state index contributed by atoms with van der Waals surface area (Å²) in [6.45, 7) is 4.84. The lowest BCUT2D eigenvalue weighted by Gasteiger charge is -2.03. The van der Waals surface area contributed by atoms with Crippen LogP contribution in [0.5, 0.6) is 0 Å². The van der Waals surface area contributed by atoms with Gasteiger partial charge in [-0.25, -0.2) is 4.99 Å². The van der Waals surface area contributed by atoms with Gasteiger partial charge in [-0.3, -0.25) is 0 Å². The third-order valence-corrected chi connectivity index (χ3v) is 1.10. The Kier molecular flexibility index (Phi) is 3.60. The molecule has 0 aromatic carbocycles. The van der Waals surface area contributed by atoms with Gasteiger partial charge in [-0.2, -0.15) is 5.26 Å². The molecule has 4 nitrogen and oxygen atoms in total. The van der Waals surface area contributed by atoms with Crippen LogP contribution in [0.25, 0.3) is 0 Å². The summed E-state index contributed by atoms with van der Waals surface area (Å²) in [4.78, 5) is 3.61. The molecule has 0 aliphatic heterocycles. The largest absolute Gasteiger partial charge is 0.386 e. The number of hydrogen-bond acceptors (Lipinski definition) is 3. The van der Waals surface area contributed by atoms with Gasteiger partial charge in [0, 0.05) is 11.9 Å². The van der Waals surface area contributed by atoms with E-state index < -0.39 is 5.92 Å². The van der Waals surface area contributed by atoms with E-state index in [1.165, 1.54) is 13.1 Å². The molecular weight excluding hydrogens is 140 g/mol. The second kappa shape index (κ2) is 4.23. The molecule has 3 N–H and O–H groups in total. The zero-order valence-electron chi connectivity index (χ0n) is 6.33. The van der Waals surface area contributed by atoms with Gasteiger partial charge in [-0.05, 0) is 6.92 Å². The first-order valence-electron chi connectivity index (χ1n) is 3.02. The standard InChI is InChI=1S/C7H10N4/c1-3-11-7(10)6(4-8)5(2)9/h3,6,9H,1H2,2H3,(H2,10,11). The number of hydrogen-bond donors (Lipinski definition) is 2. The van der Waals surface area contributed by atoms with Crippen molar-refractivity contribution in [2.24, 2.45) is 16.6 Å². The van der Waals surface area contributed by atoms with Gasteiger partial charge < -0.3 is 11.1 Å². The van der Waals surface area contributed by atoms with Crippen molar-refractivity contribution in [2.75, 3.05) is 0 Å². The van der Waals surface area contributed by atoms with Crippen LogP contribution < -0.4 is 5.73 Å². The summed E-state index contributed by atoms with van der Waals surface area (Å²) in [6, 6.07) is 1.86. The first-order valence-corrected chi connectivity index (χ1v) is 3.02. The van der Waals surface area contributed by atoms with E-state index in [9.17, 15) is 0 Å². The summed E-state index contributed by atoms with van der Waals surface area (Å²) in [7, 11) is 0. The molecule has 0 amide bonds. The first kappa shape index (κ1) is 9.37. The van der Waals surface area contributed by atoms with Gasteiger partial charge in [0.15, 0.2) is 0 Å². The number of aliphatic imine (C=N–C) groups is 1. The SMILES string of the molecule is C=CN=C(N)C(C#N)C(C)=N. The summed E-state index contributed by atoms with van der Waals surface area (Å²) >= 11 is 0. The highest BCUT2D eigenvalue weighted by atomic mass is 14.8. The Bertz CT molecular complexity index is 233. The number of nitrogens with one attached hydrogen (secondary N) is 1. The van der Waals surface area contributed by atoms with Gasteiger partial charge in [0.2, 0.25) is 0 Å². The van der Waals surface area contributed by atoms with Gasteiger partial charge in [-0.15, -0.1) is 0 Å². The maximum atomic E-state index is 8.51. The topological polar surface area (TPSA) is 86.0 Å². The van der Waals surface area contributed by atoms with Crippen LogP contribution in [-0.2, 0) is 0 Å². The average Bonchev–Trinajstić information content (AvgIpc) is 1.88. The maximum Gasteiger partial charge on any atom is 0.140 e. The normalized spacial score (nSPS) is 13.3. The van der Waals surface area contributed by atoms with Gasteiger partial charge in [0.05, 0.1) is 6.07 Å². The predicted molar refractivity (Wildman–Crippen MR) is 44.3 cm³/mol. The highest BCUT2D eigenvalue weighted by Crippen LogP contribution is 1.96. The fourth-order valence-corrected chi connectivity index (χ4v) is 0.565. The molecule has 0 bridgehead atoms. The van der Waals surface area contributed by atoms with Crippen LogP contribution in [0.1, 0.15) is 6.92 Å². The monoisotopic (exact) mass is 150 g/mol. The lowest BCUT2D eigenvalue weighted by atomic mass is 10.1. The van der Waals surface area contributed by atoms with E-state index in [-0.39, 0.29) is 11.5 Å². The van der Waals surface area contributed by atoms with Crippen LogP contribution in [0, 0.1) is 22.7 Å². The maximum absolute atomic E-state index is 8.51. The molecule has 0 aliphatic carbocycles. The lowest BCUT2D eigenvalue weighted by molar-refractivity contribution is 1.13. The van der Waals surface area contributed by atoms with Crippen molar-refractivity contribution in [3.8, 4) is 6.07 Å². The second-order valence-corrected chi connectivity index (χ2v) is 1.98. The van der Waals surface area contributed by atoms with Crippen LogP contribution >= 0.6 is 0 Å². The van der Waals surface area contributed by atoms with E-state index in [1.807, 2.05) is 6.07 Å². The zero-order valence-corrected chi connectivity index (χ0v) is 6.33. The first-order chi connectivity index (χ1) is 5.13. The number of nitriles is 1. The van der Waals surface area contributed by atoms with Crippen molar-refractivity contribution >= 4 is 11.5 Å². The van der Waals surface area contributed by atoms with Gasteiger partial charge in [-0.1, -0.05) is 6.58 Å². The third kappa shape index (κ3) is 2.63.